The van der Waals surface area contributed by atoms with Crippen LogP contribution in [0.5, 0.6) is 0 Å². The lowest BCUT2D eigenvalue weighted by molar-refractivity contribution is -0.125. The molecule has 1 saturated heterocycles. The van der Waals surface area contributed by atoms with Gasteiger partial charge in [-0.1, -0.05) is 23.7 Å². The van der Waals surface area contributed by atoms with Gasteiger partial charge in [0, 0.05) is 51.1 Å². The number of benzene rings is 1. The molecule has 3 aromatic rings. The number of aromatic nitrogens is 3. The van der Waals surface area contributed by atoms with Crippen LogP contribution in [0.15, 0.2) is 49.1 Å². The number of nitrogens with one attached hydrogen (secondary N) is 1. The van der Waals surface area contributed by atoms with Crippen LogP contribution >= 0.6 is 11.6 Å². The highest BCUT2D eigenvalue weighted by molar-refractivity contribution is 6.30. The lowest BCUT2D eigenvalue weighted by Crippen LogP contribution is -2.50. The van der Waals surface area contributed by atoms with Crippen LogP contribution in [0.4, 0.5) is 4.79 Å². The second kappa shape index (κ2) is 12.9. The molecule has 1 aromatic carbocycles. The minimum atomic E-state index is -0.525. The van der Waals surface area contributed by atoms with Crippen molar-refractivity contribution in [1.82, 2.24) is 29.7 Å². The van der Waals surface area contributed by atoms with Gasteiger partial charge in [-0.3, -0.25) is 14.7 Å². The van der Waals surface area contributed by atoms with Crippen molar-refractivity contribution >= 4 is 35.3 Å². The number of pyridine rings is 1. The van der Waals surface area contributed by atoms with Crippen LogP contribution in [-0.4, -0.2) is 82.3 Å². The van der Waals surface area contributed by atoms with Gasteiger partial charge in [-0.2, -0.15) is 0 Å². The Labute approximate surface area is 256 Å². The monoisotopic (exact) mass is 604 g/mol. The van der Waals surface area contributed by atoms with E-state index < -0.39 is 6.04 Å². The molecule has 0 radical (unpaired) electrons. The normalized spacial score (nSPS) is 19.1. The Morgan fingerprint density at radius 1 is 1.16 bits per heavy atom. The molecule has 2 aliphatic carbocycles. The number of fused-ring (bicyclic) bond motifs is 2. The molecule has 3 aliphatic rings. The molecule has 11 heteroatoms. The van der Waals surface area contributed by atoms with Crippen molar-refractivity contribution in [3.05, 3.63) is 82.2 Å². The van der Waals surface area contributed by atoms with Crippen LogP contribution in [0.25, 0.3) is 11.6 Å². The number of halogens is 1. The summed E-state index contributed by atoms with van der Waals surface area (Å²) < 4.78 is 12.9. The van der Waals surface area contributed by atoms with Gasteiger partial charge < -0.3 is 24.3 Å². The number of amides is 2. The smallest absolute Gasteiger partial charge is 0.409 e. The fourth-order valence-corrected chi connectivity index (χ4v) is 6.05. The topological polar surface area (TPSA) is 102 Å². The summed E-state index contributed by atoms with van der Waals surface area (Å²) >= 11 is 6.65. The Morgan fingerprint density at radius 3 is 2.70 bits per heavy atom. The summed E-state index contributed by atoms with van der Waals surface area (Å²) in [6, 6.07) is 9.18. The maximum atomic E-state index is 13.1. The molecule has 2 fully saturated rings. The van der Waals surface area contributed by atoms with Gasteiger partial charge in [0.1, 0.15) is 6.61 Å². The Bertz CT molecular complexity index is 1510. The molecule has 0 spiro atoms. The van der Waals surface area contributed by atoms with Gasteiger partial charge in [-0.05, 0) is 72.2 Å². The second-order valence-corrected chi connectivity index (χ2v) is 11.8. The molecule has 226 valence electrons. The van der Waals surface area contributed by atoms with E-state index >= 15 is 0 Å². The van der Waals surface area contributed by atoms with Crippen LogP contribution in [0.3, 0.4) is 0 Å². The number of rotatable bonds is 9. The number of ether oxygens (including phenoxy) is 2. The lowest BCUT2D eigenvalue weighted by Gasteiger charge is -2.39. The molecule has 2 atom stereocenters. The molecule has 43 heavy (non-hydrogen) atoms. The molecule has 1 saturated carbocycles. The molecule has 0 unspecified atom stereocenters. The number of hydrogen-bond acceptors (Lipinski definition) is 7. The highest BCUT2D eigenvalue weighted by Gasteiger charge is 2.36. The maximum absolute atomic E-state index is 13.1. The summed E-state index contributed by atoms with van der Waals surface area (Å²) in [6.45, 7) is 5.22. The molecule has 2 amide bonds. The predicted octanol–water partition coefficient (Wildman–Crippen LogP) is 4.47. The number of imidazole rings is 1. The number of aryl methyl sites for hydroxylation is 1. The zero-order chi connectivity index (χ0) is 29.9. The molecule has 2 aromatic heterocycles. The summed E-state index contributed by atoms with van der Waals surface area (Å²) in [5.74, 6) is 0.303. The first-order chi connectivity index (χ1) is 20.9. The van der Waals surface area contributed by atoms with Crippen LogP contribution in [0.1, 0.15) is 59.9 Å². The predicted molar refractivity (Wildman–Crippen MR) is 163 cm³/mol. The van der Waals surface area contributed by atoms with Gasteiger partial charge in [0.15, 0.2) is 0 Å². The Kier molecular flexibility index (Phi) is 8.78. The zero-order valence-corrected chi connectivity index (χ0v) is 25.3. The van der Waals surface area contributed by atoms with E-state index in [1.54, 1.807) is 17.4 Å². The standard InChI is InChI=1S/C32H37ClN6O4/c1-3-42-19-28(40)36-30(27-17-34-20-37(27)2)26-15-22-5-4-10-35-29(22)31(24-9-8-23(33)16-25(24)26)38-11-13-39(14-12-38)32(41)43-18-21-6-7-21/h4-5,8-10,15-17,20-21,30-31H,3,6-7,11-14,18-19H2,1-2H3,(H,36,40)/t30-,31+/m1/s1. The second-order valence-electron chi connectivity index (χ2n) is 11.3. The third kappa shape index (κ3) is 6.46. The van der Waals surface area contributed by atoms with Gasteiger partial charge in [0.2, 0.25) is 5.91 Å². The fraction of sp³-hybridized carbons (Fsp3) is 0.438. The van der Waals surface area contributed by atoms with E-state index in [2.05, 4.69) is 33.4 Å². The number of hydrogen-bond donors (Lipinski definition) is 1. The minimum absolute atomic E-state index is 0.0470. The average Bonchev–Trinajstić information content (AvgIpc) is 3.78. The van der Waals surface area contributed by atoms with Crippen LogP contribution < -0.4 is 5.32 Å². The number of carbonyl (C=O) groups is 2. The molecule has 3 heterocycles. The summed E-state index contributed by atoms with van der Waals surface area (Å²) in [7, 11) is 1.91. The van der Waals surface area contributed by atoms with Crippen molar-refractivity contribution in [2.45, 2.75) is 31.8 Å². The van der Waals surface area contributed by atoms with Crippen molar-refractivity contribution in [3.63, 3.8) is 0 Å². The van der Waals surface area contributed by atoms with E-state index in [0.717, 1.165) is 46.5 Å². The minimum Gasteiger partial charge on any atom is -0.449 e. The first kappa shape index (κ1) is 29.3. The Hall–Kier alpha value is -3.73. The summed E-state index contributed by atoms with van der Waals surface area (Å²) in [6.07, 6.45) is 9.46. The largest absolute Gasteiger partial charge is 0.449 e. The first-order valence-electron chi connectivity index (χ1n) is 14.9. The Morgan fingerprint density at radius 2 is 1.98 bits per heavy atom. The van der Waals surface area contributed by atoms with Crippen molar-refractivity contribution in [3.8, 4) is 0 Å². The third-order valence-electron chi connectivity index (χ3n) is 8.34. The van der Waals surface area contributed by atoms with Crippen LogP contribution in [0, 0.1) is 5.92 Å². The molecule has 1 N–H and O–H groups in total. The summed E-state index contributed by atoms with van der Waals surface area (Å²) in [5, 5.41) is 3.78. The van der Waals surface area contributed by atoms with E-state index in [9.17, 15) is 9.59 Å². The van der Waals surface area contributed by atoms with E-state index in [1.165, 1.54) is 0 Å². The highest BCUT2D eigenvalue weighted by atomic mass is 35.5. The van der Waals surface area contributed by atoms with Crippen LogP contribution in [-0.2, 0) is 21.3 Å². The summed E-state index contributed by atoms with van der Waals surface area (Å²) in [4.78, 5) is 39.2. The van der Waals surface area contributed by atoms with Gasteiger partial charge >= 0.3 is 6.09 Å². The quantitative estimate of drug-likeness (QED) is 0.384. The molecule has 1 aliphatic heterocycles. The first-order valence-corrected chi connectivity index (χ1v) is 15.3. The van der Waals surface area contributed by atoms with Crippen molar-refractivity contribution in [2.24, 2.45) is 13.0 Å². The lowest BCUT2D eigenvalue weighted by atomic mass is 9.89. The summed E-state index contributed by atoms with van der Waals surface area (Å²) in [5.41, 5.74) is 5.52. The van der Waals surface area contributed by atoms with Gasteiger partial charge in [0.25, 0.3) is 0 Å². The number of carbonyl (C=O) groups excluding carboxylic acids is 2. The van der Waals surface area contributed by atoms with Crippen LogP contribution in [0.2, 0.25) is 5.02 Å². The van der Waals surface area contributed by atoms with E-state index in [4.69, 9.17) is 26.1 Å². The van der Waals surface area contributed by atoms with Gasteiger partial charge in [0.05, 0.1) is 42.6 Å². The maximum Gasteiger partial charge on any atom is 0.409 e. The average molecular weight is 605 g/mol. The zero-order valence-electron chi connectivity index (χ0n) is 24.5. The highest BCUT2D eigenvalue weighted by Crippen LogP contribution is 2.44. The van der Waals surface area contributed by atoms with E-state index in [-0.39, 0.29) is 24.6 Å². The SMILES string of the molecule is CCOCC(=O)N[C@H](C1=Cc2cccnc2[C@@H](N2CCN(C(=O)OCC3CC3)CC2)c2ccc(Cl)cc21)c1cncn1C. The van der Waals surface area contributed by atoms with E-state index in [0.29, 0.717) is 50.3 Å². The molecule has 6 rings (SSSR count). The molecule has 0 bridgehead atoms. The van der Waals surface area contributed by atoms with Gasteiger partial charge in [-0.25, -0.2) is 9.78 Å². The fourth-order valence-electron chi connectivity index (χ4n) is 5.88. The van der Waals surface area contributed by atoms with Crippen molar-refractivity contribution < 1.29 is 19.1 Å². The number of nitrogens with zero attached hydrogens (tertiary/aromatic N) is 5. The van der Waals surface area contributed by atoms with Crippen molar-refractivity contribution in [1.29, 1.82) is 0 Å². The van der Waals surface area contributed by atoms with Crippen molar-refractivity contribution in [2.75, 3.05) is 46.0 Å². The molecule has 10 nitrogen and oxygen atoms in total. The third-order valence-corrected chi connectivity index (χ3v) is 8.58. The number of piperazine rings is 1. The van der Waals surface area contributed by atoms with E-state index in [1.807, 2.05) is 42.9 Å². The Balaban J connectivity index is 1.37. The van der Waals surface area contributed by atoms with Gasteiger partial charge in [-0.15, -0.1) is 0 Å². The molecular formula is C32H37ClN6O4. The molecular weight excluding hydrogens is 568 g/mol.